The molecule has 0 radical (unpaired) electrons. The molecule has 1 aromatic rings. The van der Waals surface area contributed by atoms with E-state index < -0.39 is 0 Å². The number of hydrogen-bond donors (Lipinski definition) is 1. The number of thiophene rings is 1. The Labute approximate surface area is 175 Å². The molecule has 1 saturated heterocycles. The predicted molar refractivity (Wildman–Crippen MR) is 113 cm³/mol. The zero-order chi connectivity index (χ0) is 20.2. The van der Waals surface area contributed by atoms with E-state index in [2.05, 4.69) is 32.6 Å². The number of fused-ring (bicyclic) bond motifs is 1. The van der Waals surface area contributed by atoms with E-state index in [4.69, 9.17) is 4.74 Å². The van der Waals surface area contributed by atoms with Gasteiger partial charge in [-0.2, -0.15) is 5.26 Å². The fraction of sp³-hybridized carbons (Fsp3) is 0.455. The van der Waals surface area contributed by atoms with Gasteiger partial charge in [0.2, 0.25) is 5.91 Å². The third-order valence-corrected chi connectivity index (χ3v) is 6.75. The summed E-state index contributed by atoms with van der Waals surface area (Å²) in [4.78, 5) is 18.3. The van der Waals surface area contributed by atoms with E-state index in [0.717, 1.165) is 61.7 Å². The molecule has 0 bridgehead atoms. The van der Waals surface area contributed by atoms with E-state index >= 15 is 0 Å². The third kappa shape index (κ3) is 4.32. The molecule has 0 unspecified atom stereocenters. The summed E-state index contributed by atoms with van der Waals surface area (Å²) in [6, 6.07) is 2.30. The lowest BCUT2D eigenvalue weighted by atomic mass is 9.96. The zero-order valence-corrected chi connectivity index (χ0v) is 17.4. The molecule has 2 heterocycles. The molecule has 1 fully saturated rings. The first-order valence-electron chi connectivity index (χ1n) is 9.97. The third-order valence-electron chi connectivity index (χ3n) is 5.54. The van der Waals surface area contributed by atoms with Gasteiger partial charge in [0.25, 0.3) is 0 Å². The van der Waals surface area contributed by atoms with Crippen LogP contribution >= 0.6 is 11.3 Å². The van der Waals surface area contributed by atoms with Gasteiger partial charge in [0.1, 0.15) is 11.1 Å². The largest absolute Gasteiger partial charge is 0.489 e. The number of methoxy groups -OCH3 is 1. The average molecular weight is 409 g/mol. The number of nitrogens with one attached hydrogen (secondary N) is 1. The second-order valence-electron chi connectivity index (χ2n) is 7.38. The molecule has 1 aromatic heterocycles. The molecule has 0 atom stereocenters. The van der Waals surface area contributed by atoms with Crippen molar-refractivity contribution in [1.82, 2.24) is 9.80 Å². The first-order chi connectivity index (χ1) is 14.2. The van der Waals surface area contributed by atoms with Gasteiger partial charge in [-0.3, -0.25) is 9.69 Å². The first kappa shape index (κ1) is 19.6. The van der Waals surface area contributed by atoms with Crippen LogP contribution in [-0.4, -0.2) is 55.5 Å². The molecular formula is C22H24N4O2S. The van der Waals surface area contributed by atoms with Crippen molar-refractivity contribution in [3.63, 3.8) is 0 Å². The van der Waals surface area contributed by atoms with E-state index in [0.29, 0.717) is 17.9 Å². The van der Waals surface area contributed by atoms with Crippen LogP contribution in [0, 0.1) is 11.3 Å². The fourth-order valence-electron chi connectivity index (χ4n) is 3.96. The summed E-state index contributed by atoms with van der Waals surface area (Å²) in [5, 5.41) is 13.3. The Morgan fingerprint density at radius 3 is 2.72 bits per heavy atom. The van der Waals surface area contributed by atoms with E-state index in [9.17, 15) is 10.1 Å². The lowest BCUT2D eigenvalue weighted by Crippen LogP contribution is -2.47. The van der Waals surface area contributed by atoms with E-state index in [1.165, 1.54) is 11.3 Å². The maximum absolute atomic E-state index is 12.6. The first-order valence-corrected chi connectivity index (χ1v) is 10.8. The van der Waals surface area contributed by atoms with E-state index in [1.807, 2.05) is 12.2 Å². The van der Waals surface area contributed by atoms with Crippen molar-refractivity contribution >= 4 is 22.2 Å². The number of allylic oxidation sites excluding steroid dienone is 2. The van der Waals surface area contributed by atoms with Crippen LogP contribution in [0.1, 0.15) is 28.8 Å². The molecule has 7 heteroatoms. The van der Waals surface area contributed by atoms with Crippen molar-refractivity contribution in [2.75, 3.05) is 45.2 Å². The van der Waals surface area contributed by atoms with Gasteiger partial charge < -0.3 is 15.0 Å². The van der Waals surface area contributed by atoms with Crippen LogP contribution in [0.3, 0.4) is 0 Å². The number of piperazine rings is 1. The summed E-state index contributed by atoms with van der Waals surface area (Å²) in [7, 11) is 1.62. The smallest absolute Gasteiger partial charge is 0.239 e. The van der Waals surface area contributed by atoms with Crippen LogP contribution in [0.2, 0.25) is 0 Å². The summed E-state index contributed by atoms with van der Waals surface area (Å²) in [6.45, 7) is 3.62. The summed E-state index contributed by atoms with van der Waals surface area (Å²) < 4.78 is 5.13. The van der Waals surface area contributed by atoms with Gasteiger partial charge in [0.05, 0.1) is 24.9 Å². The molecule has 6 nitrogen and oxygen atoms in total. The molecule has 0 spiro atoms. The summed E-state index contributed by atoms with van der Waals surface area (Å²) in [6.07, 6.45) is 8.14. The van der Waals surface area contributed by atoms with Gasteiger partial charge in [-0.25, -0.2) is 0 Å². The highest BCUT2D eigenvalue weighted by molar-refractivity contribution is 7.16. The number of nitrogens with zero attached hydrogens (tertiary/aromatic N) is 3. The van der Waals surface area contributed by atoms with Crippen molar-refractivity contribution in [2.24, 2.45) is 0 Å². The highest BCUT2D eigenvalue weighted by atomic mass is 32.1. The van der Waals surface area contributed by atoms with Crippen molar-refractivity contribution in [2.45, 2.75) is 25.7 Å². The van der Waals surface area contributed by atoms with Gasteiger partial charge in [-0.05, 0) is 54.9 Å². The second-order valence-corrected chi connectivity index (χ2v) is 8.48. The molecule has 1 aliphatic heterocycles. The second kappa shape index (κ2) is 8.73. The maximum Gasteiger partial charge on any atom is 0.239 e. The highest BCUT2D eigenvalue weighted by Crippen LogP contribution is 2.37. The molecule has 1 N–H and O–H groups in total. The molecule has 29 heavy (non-hydrogen) atoms. The number of rotatable bonds is 5. The minimum atomic E-state index is -0.0436. The van der Waals surface area contributed by atoms with Crippen LogP contribution in [0.4, 0.5) is 5.00 Å². The quantitative estimate of drug-likeness (QED) is 0.759. The fourth-order valence-corrected chi connectivity index (χ4v) is 5.21. The van der Waals surface area contributed by atoms with Crippen LogP contribution in [0.15, 0.2) is 35.1 Å². The lowest BCUT2D eigenvalue weighted by Gasteiger charge is -2.35. The number of carbonyl (C=O) groups excluding carboxylic acids is 1. The van der Waals surface area contributed by atoms with Crippen LogP contribution < -0.4 is 5.32 Å². The number of carbonyl (C=O) groups is 1. The van der Waals surface area contributed by atoms with Crippen LogP contribution in [0.25, 0.3) is 0 Å². The van der Waals surface area contributed by atoms with Gasteiger partial charge in [-0.15, -0.1) is 11.3 Å². The minimum Gasteiger partial charge on any atom is -0.489 e. The molecule has 2 aliphatic carbocycles. The van der Waals surface area contributed by atoms with Gasteiger partial charge in [-0.1, -0.05) is 0 Å². The Kier molecular flexibility index (Phi) is 5.89. The van der Waals surface area contributed by atoms with Crippen LogP contribution in [-0.2, 0) is 22.4 Å². The van der Waals surface area contributed by atoms with Crippen molar-refractivity contribution in [3.8, 4) is 6.07 Å². The summed E-state index contributed by atoms with van der Waals surface area (Å²) >= 11 is 1.58. The number of hydrogen-bond acceptors (Lipinski definition) is 6. The molecule has 4 rings (SSSR count). The van der Waals surface area contributed by atoms with Crippen molar-refractivity contribution in [3.05, 3.63) is 51.1 Å². The SMILES string of the molecule is COC1=C=C=C(N2CCN(CC(=O)Nc3sc4c(c3C#N)CCCC4)CC2)C=C1. The molecule has 0 saturated carbocycles. The molecule has 150 valence electrons. The van der Waals surface area contributed by atoms with Crippen LogP contribution in [0.5, 0.6) is 0 Å². The molecule has 3 aliphatic rings. The summed E-state index contributed by atoms with van der Waals surface area (Å²) in [5.74, 6) is 0.633. The van der Waals surface area contributed by atoms with E-state index in [-0.39, 0.29) is 5.91 Å². The Balaban J connectivity index is 1.33. The Hall–Kier alpha value is -2.74. The minimum absolute atomic E-state index is 0.0436. The Morgan fingerprint density at radius 2 is 2.03 bits per heavy atom. The predicted octanol–water partition coefficient (Wildman–Crippen LogP) is 2.79. The summed E-state index contributed by atoms with van der Waals surface area (Å²) in [5.41, 5.74) is 8.95. The van der Waals surface area contributed by atoms with Gasteiger partial charge >= 0.3 is 0 Å². The Morgan fingerprint density at radius 1 is 1.24 bits per heavy atom. The topological polar surface area (TPSA) is 68.6 Å². The molecule has 1 amide bonds. The number of aryl methyl sites for hydroxylation is 1. The van der Waals surface area contributed by atoms with Crippen molar-refractivity contribution < 1.29 is 9.53 Å². The Bertz CT molecular complexity index is 979. The zero-order valence-electron chi connectivity index (χ0n) is 16.6. The maximum atomic E-state index is 12.6. The number of anilines is 1. The number of amides is 1. The average Bonchev–Trinajstić information content (AvgIpc) is 3.11. The normalized spacial score (nSPS) is 18.6. The van der Waals surface area contributed by atoms with Gasteiger partial charge in [0, 0.05) is 31.1 Å². The highest BCUT2D eigenvalue weighted by Gasteiger charge is 2.24. The lowest BCUT2D eigenvalue weighted by molar-refractivity contribution is -0.117. The number of nitriles is 1. The molecule has 0 aromatic carbocycles. The molecular weight excluding hydrogens is 384 g/mol. The number of ether oxygens (including phenoxy) is 1. The van der Waals surface area contributed by atoms with E-state index in [1.54, 1.807) is 18.4 Å². The monoisotopic (exact) mass is 408 g/mol. The van der Waals surface area contributed by atoms with Gasteiger partial charge in [0.15, 0.2) is 5.76 Å². The van der Waals surface area contributed by atoms with Crippen molar-refractivity contribution in [1.29, 1.82) is 5.26 Å². The standard InChI is InChI=1S/C22H24N4O2S/c1-28-17-8-6-16(7-9-17)26-12-10-25(11-13-26)15-21(27)24-22-19(14-23)18-4-2-3-5-20(18)29-22/h6,8H,2-5,10-13,15H2,1H3,(H,24,27).